The zero-order chi connectivity index (χ0) is 25.2. The van der Waals surface area contributed by atoms with Crippen molar-refractivity contribution in [3.8, 4) is 17.2 Å². The third-order valence-electron chi connectivity index (χ3n) is 7.88. The van der Waals surface area contributed by atoms with Crippen LogP contribution in [0, 0.1) is 16.7 Å². The first-order chi connectivity index (χ1) is 17.2. The smallest absolute Gasteiger partial charge is 0.245 e. The number of aromatic nitrogens is 2. The number of nitrogens with zero attached hydrogens (tertiary/aromatic N) is 4. The molecule has 0 bridgehead atoms. The van der Waals surface area contributed by atoms with Crippen LogP contribution in [-0.2, 0) is 22.6 Å². The molecule has 1 amide bonds. The van der Waals surface area contributed by atoms with Crippen molar-refractivity contribution in [2.45, 2.75) is 38.9 Å². The molecule has 3 aliphatic rings. The van der Waals surface area contributed by atoms with E-state index in [2.05, 4.69) is 36.4 Å². The van der Waals surface area contributed by atoms with Gasteiger partial charge in [0.2, 0.25) is 5.91 Å². The SMILES string of the molecule is C=CC(=O)N1CC2(CCN(c3nc4c(c(-c5c(Cl)ccc6cc[nH]c56)c3C#N)COC(C)(C)C4)C2)C1. The summed E-state index contributed by atoms with van der Waals surface area (Å²) >= 11 is 6.82. The third-order valence-corrected chi connectivity index (χ3v) is 8.20. The van der Waals surface area contributed by atoms with Gasteiger partial charge in [0, 0.05) is 66.3 Å². The van der Waals surface area contributed by atoms with Gasteiger partial charge in [0.1, 0.15) is 17.5 Å². The number of hydrogen-bond acceptors (Lipinski definition) is 5. The molecule has 7 nitrogen and oxygen atoms in total. The maximum Gasteiger partial charge on any atom is 0.245 e. The van der Waals surface area contributed by atoms with E-state index in [9.17, 15) is 10.1 Å². The van der Waals surface area contributed by atoms with Crippen molar-refractivity contribution in [2.75, 3.05) is 31.1 Å². The van der Waals surface area contributed by atoms with E-state index in [-0.39, 0.29) is 16.9 Å². The second kappa shape index (κ2) is 8.09. The molecular formula is C28H28ClN5O2. The fourth-order valence-electron chi connectivity index (χ4n) is 6.06. The minimum atomic E-state index is -0.351. The number of rotatable bonds is 3. The Morgan fingerprint density at radius 1 is 1.28 bits per heavy atom. The summed E-state index contributed by atoms with van der Waals surface area (Å²) in [7, 11) is 0. The van der Waals surface area contributed by atoms with Gasteiger partial charge in [-0.15, -0.1) is 0 Å². The highest BCUT2D eigenvalue weighted by atomic mass is 35.5. The van der Waals surface area contributed by atoms with Gasteiger partial charge in [-0.3, -0.25) is 4.79 Å². The number of ether oxygens (including phenoxy) is 1. The lowest BCUT2D eigenvalue weighted by Gasteiger charge is -2.47. The van der Waals surface area contributed by atoms with Crippen LogP contribution in [0.5, 0.6) is 0 Å². The van der Waals surface area contributed by atoms with Gasteiger partial charge in [0.05, 0.1) is 28.4 Å². The quantitative estimate of drug-likeness (QED) is 0.519. The summed E-state index contributed by atoms with van der Waals surface area (Å²) in [6, 6.07) is 8.36. The number of carbonyl (C=O) groups excluding carboxylic acids is 1. The Bertz CT molecular complexity index is 1460. The minimum Gasteiger partial charge on any atom is -0.370 e. The molecule has 1 spiro atoms. The van der Waals surface area contributed by atoms with Gasteiger partial charge in [0.15, 0.2) is 0 Å². The van der Waals surface area contributed by atoms with Gasteiger partial charge in [-0.2, -0.15) is 5.26 Å². The van der Waals surface area contributed by atoms with E-state index < -0.39 is 0 Å². The average Bonchev–Trinajstić information content (AvgIpc) is 3.48. The van der Waals surface area contributed by atoms with Crippen molar-refractivity contribution in [1.82, 2.24) is 14.9 Å². The fraction of sp³-hybridized carbons (Fsp3) is 0.393. The van der Waals surface area contributed by atoms with E-state index in [1.54, 1.807) is 0 Å². The van der Waals surface area contributed by atoms with Crippen LogP contribution in [0.2, 0.25) is 5.02 Å². The summed E-state index contributed by atoms with van der Waals surface area (Å²) in [6.07, 6.45) is 4.86. The van der Waals surface area contributed by atoms with Gasteiger partial charge >= 0.3 is 0 Å². The van der Waals surface area contributed by atoms with Gasteiger partial charge < -0.3 is 19.5 Å². The number of H-pyrrole nitrogens is 1. The van der Waals surface area contributed by atoms with Crippen LogP contribution in [-0.4, -0.2) is 52.6 Å². The normalized spacial score (nSPS) is 19.7. The van der Waals surface area contributed by atoms with Crippen molar-refractivity contribution in [2.24, 2.45) is 5.41 Å². The van der Waals surface area contributed by atoms with Gasteiger partial charge in [-0.25, -0.2) is 4.98 Å². The number of nitriles is 1. The number of nitrogens with one attached hydrogen (secondary N) is 1. The lowest BCUT2D eigenvalue weighted by Crippen LogP contribution is -2.59. The Labute approximate surface area is 215 Å². The monoisotopic (exact) mass is 501 g/mol. The maximum absolute atomic E-state index is 12.0. The van der Waals surface area contributed by atoms with Gasteiger partial charge in [-0.05, 0) is 38.5 Å². The van der Waals surface area contributed by atoms with E-state index in [1.165, 1.54) is 6.08 Å². The molecule has 3 aromatic rings. The van der Waals surface area contributed by atoms with Crippen LogP contribution in [0.1, 0.15) is 37.1 Å². The Morgan fingerprint density at radius 2 is 2.08 bits per heavy atom. The molecule has 0 aliphatic carbocycles. The fourth-order valence-corrected chi connectivity index (χ4v) is 6.31. The molecule has 3 aliphatic heterocycles. The number of carbonyl (C=O) groups is 1. The third kappa shape index (κ3) is 3.51. The van der Waals surface area contributed by atoms with E-state index in [4.69, 9.17) is 21.3 Å². The zero-order valence-corrected chi connectivity index (χ0v) is 21.3. The molecule has 36 heavy (non-hydrogen) atoms. The Kier molecular flexibility index (Phi) is 5.19. The molecule has 184 valence electrons. The second-order valence-electron chi connectivity index (χ2n) is 10.9. The highest BCUT2D eigenvalue weighted by Crippen LogP contribution is 2.47. The first-order valence-corrected chi connectivity index (χ1v) is 12.6. The molecule has 0 saturated carbocycles. The molecule has 0 atom stereocenters. The van der Waals surface area contributed by atoms with Crippen LogP contribution >= 0.6 is 11.6 Å². The summed E-state index contributed by atoms with van der Waals surface area (Å²) in [5.74, 6) is 0.677. The predicted molar refractivity (Wildman–Crippen MR) is 140 cm³/mol. The average molecular weight is 502 g/mol. The van der Waals surface area contributed by atoms with E-state index in [1.807, 2.05) is 29.3 Å². The van der Waals surface area contributed by atoms with Crippen LogP contribution in [0.4, 0.5) is 5.82 Å². The van der Waals surface area contributed by atoms with E-state index in [0.717, 1.165) is 52.8 Å². The number of hydrogen-bond donors (Lipinski definition) is 1. The molecule has 8 heteroatoms. The molecular weight excluding hydrogens is 474 g/mol. The predicted octanol–water partition coefficient (Wildman–Crippen LogP) is 4.83. The maximum atomic E-state index is 12.0. The first-order valence-electron chi connectivity index (χ1n) is 12.3. The number of pyridine rings is 1. The number of aromatic amines is 1. The number of anilines is 1. The Balaban J connectivity index is 1.50. The lowest BCUT2D eigenvalue weighted by molar-refractivity contribution is -0.136. The zero-order valence-electron chi connectivity index (χ0n) is 20.5. The molecule has 2 saturated heterocycles. The van der Waals surface area contributed by atoms with Crippen molar-refractivity contribution >= 4 is 34.2 Å². The highest BCUT2D eigenvalue weighted by Gasteiger charge is 2.49. The second-order valence-corrected chi connectivity index (χ2v) is 11.3. The largest absolute Gasteiger partial charge is 0.370 e. The number of benzene rings is 1. The van der Waals surface area contributed by atoms with Crippen LogP contribution in [0.25, 0.3) is 22.0 Å². The molecule has 2 fully saturated rings. The minimum absolute atomic E-state index is 0.0260. The van der Waals surface area contributed by atoms with Crippen LogP contribution < -0.4 is 4.90 Å². The summed E-state index contributed by atoms with van der Waals surface area (Å²) in [6.45, 7) is 11.1. The van der Waals surface area contributed by atoms with Crippen LogP contribution in [0.3, 0.4) is 0 Å². The summed E-state index contributed by atoms with van der Waals surface area (Å²) in [5, 5.41) is 12.1. The molecule has 6 rings (SSSR count). The number of likely N-dealkylation sites (tertiary alicyclic amines) is 1. The van der Waals surface area contributed by atoms with Crippen molar-refractivity contribution in [3.05, 3.63) is 58.9 Å². The number of halogens is 1. The van der Waals surface area contributed by atoms with E-state index >= 15 is 0 Å². The highest BCUT2D eigenvalue weighted by molar-refractivity contribution is 6.35. The molecule has 0 unspecified atom stereocenters. The van der Waals surface area contributed by atoms with E-state index in [0.29, 0.717) is 42.5 Å². The summed E-state index contributed by atoms with van der Waals surface area (Å²) in [4.78, 5) is 24.5. The lowest BCUT2D eigenvalue weighted by atomic mass is 9.79. The summed E-state index contributed by atoms with van der Waals surface area (Å²) < 4.78 is 6.19. The topological polar surface area (TPSA) is 85.3 Å². The first kappa shape index (κ1) is 23.1. The van der Waals surface area contributed by atoms with Crippen molar-refractivity contribution in [1.29, 1.82) is 5.26 Å². The number of amides is 1. The molecule has 1 aromatic carbocycles. The molecule has 0 radical (unpaired) electrons. The van der Waals surface area contributed by atoms with Gasteiger partial charge in [-0.1, -0.05) is 24.2 Å². The Hall–Kier alpha value is -3.34. The molecule has 5 heterocycles. The van der Waals surface area contributed by atoms with Crippen molar-refractivity contribution in [3.63, 3.8) is 0 Å². The standard InChI is InChI=1S/C28H28ClN5O2/c1-4-22(35)34-15-28(16-34)8-10-33(14-28)26-18(12-30)23(19-13-36-27(2,3)11-21(19)32-26)24-20(29)6-5-17-7-9-31-25(17)24/h4-7,9,31H,1,8,10-11,13-16H2,2-3H3. The van der Waals surface area contributed by atoms with Gasteiger partial charge in [0.25, 0.3) is 0 Å². The number of fused-ring (bicyclic) bond motifs is 2. The summed E-state index contributed by atoms with van der Waals surface area (Å²) in [5.41, 5.74) is 4.62. The van der Waals surface area contributed by atoms with Crippen molar-refractivity contribution < 1.29 is 9.53 Å². The Morgan fingerprint density at radius 3 is 2.83 bits per heavy atom. The van der Waals surface area contributed by atoms with Crippen LogP contribution in [0.15, 0.2) is 37.1 Å². The molecule has 1 N–H and O–H groups in total. The molecule has 2 aromatic heterocycles.